The average Bonchev–Trinajstić information content (AvgIpc) is 2.35. The summed E-state index contributed by atoms with van der Waals surface area (Å²) in [4.78, 5) is 21.1. The monoisotopic (exact) mass is 255 g/mol. The molecule has 0 aliphatic rings. The van der Waals surface area contributed by atoms with Gasteiger partial charge >= 0.3 is 5.97 Å². The maximum atomic E-state index is 11.3. The number of nitro benzene ring substituents is 1. The van der Waals surface area contributed by atoms with Crippen LogP contribution < -0.4 is 4.74 Å². The number of hydrogen-bond donors (Lipinski definition) is 0. The summed E-state index contributed by atoms with van der Waals surface area (Å²) in [7, 11) is 1.53. The number of carbonyl (C=O) groups excluding carboxylic acids is 1. The number of rotatable bonds is 7. The molecule has 0 aromatic heterocycles. The summed E-state index contributed by atoms with van der Waals surface area (Å²) in [6.45, 7) is 0.497. The summed E-state index contributed by atoms with van der Waals surface area (Å²) in [5.41, 5.74) is -0.0638. The maximum absolute atomic E-state index is 11.3. The molecule has 0 fully saturated rings. The predicted octanol–water partition coefficient (Wildman–Crippen LogP) is 1.16. The SMILES string of the molecule is COCCOCC(=O)Oc1ccc([N+](=O)[O-])cc1. The van der Waals surface area contributed by atoms with E-state index in [2.05, 4.69) is 0 Å². The number of ether oxygens (including phenoxy) is 3. The van der Waals surface area contributed by atoms with Crippen molar-refractivity contribution in [3.63, 3.8) is 0 Å². The highest BCUT2D eigenvalue weighted by atomic mass is 16.6. The van der Waals surface area contributed by atoms with Gasteiger partial charge in [-0.3, -0.25) is 10.1 Å². The summed E-state index contributed by atoms with van der Waals surface area (Å²) in [6, 6.07) is 5.22. The Morgan fingerprint density at radius 2 is 1.94 bits per heavy atom. The Hall–Kier alpha value is -1.99. The molecule has 0 amide bonds. The first kappa shape index (κ1) is 14.1. The van der Waals surface area contributed by atoms with Gasteiger partial charge in [-0.05, 0) is 12.1 Å². The lowest BCUT2D eigenvalue weighted by molar-refractivity contribution is -0.384. The van der Waals surface area contributed by atoms with Crippen molar-refractivity contribution in [1.82, 2.24) is 0 Å². The van der Waals surface area contributed by atoms with Crippen molar-refractivity contribution in [2.45, 2.75) is 0 Å². The van der Waals surface area contributed by atoms with Crippen LogP contribution in [0, 0.1) is 10.1 Å². The minimum absolute atomic E-state index is 0.0638. The number of non-ortho nitro benzene ring substituents is 1. The molecule has 0 spiro atoms. The van der Waals surface area contributed by atoms with Crippen LogP contribution in [0.15, 0.2) is 24.3 Å². The fourth-order valence-corrected chi connectivity index (χ4v) is 1.09. The van der Waals surface area contributed by atoms with Gasteiger partial charge in [-0.2, -0.15) is 0 Å². The zero-order chi connectivity index (χ0) is 13.4. The number of methoxy groups -OCH3 is 1. The Labute approximate surface area is 103 Å². The Morgan fingerprint density at radius 3 is 2.50 bits per heavy atom. The van der Waals surface area contributed by atoms with Gasteiger partial charge in [0.15, 0.2) is 0 Å². The Morgan fingerprint density at radius 1 is 1.28 bits per heavy atom. The molecule has 0 saturated heterocycles. The summed E-state index contributed by atoms with van der Waals surface area (Å²) >= 11 is 0. The van der Waals surface area contributed by atoms with E-state index in [1.165, 1.54) is 31.4 Å². The molecule has 0 aliphatic carbocycles. The summed E-state index contributed by atoms with van der Waals surface area (Å²) in [5, 5.41) is 10.4. The topological polar surface area (TPSA) is 87.9 Å². The standard InChI is InChI=1S/C11H13NO6/c1-16-6-7-17-8-11(13)18-10-4-2-9(3-5-10)12(14)15/h2-5H,6-8H2,1H3. The van der Waals surface area contributed by atoms with E-state index in [0.717, 1.165) is 0 Å². The molecule has 0 aliphatic heterocycles. The van der Waals surface area contributed by atoms with Gasteiger partial charge in [0.2, 0.25) is 0 Å². The van der Waals surface area contributed by atoms with Crippen LogP contribution in [0.3, 0.4) is 0 Å². The third kappa shape index (κ3) is 4.89. The molecule has 1 rings (SSSR count). The molecular formula is C11H13NO6. The lowest BCUT2D eigenvalue weighted by Gasteiger charge is -2.04. The number of nitrogens with zero attached hydrogens (tertiary/aromatic N) is 1. The molecule has 0 N–H and O–H groups in total. The van der Waals surface area contributed by atoms with Crippen LogP contribution in [-0.2, 0) is 14.3 Å². The van der Waals surface area contributed by atoms with E-state index in [0.29, 0.717) is 13.2 Å². The normalized spacial score (nSPS) is 10.1. The van der Waals surface area contributed by atoms with Crippen LogP contribution >= 0.6 is 0 Å². The fraction of sp³-hybridized carbons (Fsp3) is 0.364. The molecular weight excluding hydrogens is 242 g/mol. The summed E-state index contributed by atoms with van der Waals surface area (Å²) in [6.07, 6.45) is 0. The first-order valence-electron chi connectivity index (χ1n) is 5.15. The van der Waals surface area contributed by atoms with E-state index >= 15 is 0 Å². The summed E-state index contributed by atoms with van der Waals surface area (Å²) < 4.78 is 14.6. The molecule has 7 nitrogen and oxygen atoms in total. The van der Waals surface area contributed by atoms with Crippen molar-refractivity contribution in [2.75, 3.05) is 26.9 Å². The van der Waals surface area contributed by atoms with Crippen molar-refractivity contribution in [2.24, 2.45) is 0 Å². The number of nitro groups is 1. The lowest BCUT2D eigenvalue weighted by Crippen LogP contribution is -2.17. The number of hydrogen-bond acceptors (Lipinski definition) is 6. The minimum atomic E-state index is -0.569. The van der Waals surface area contributed by atoms with Crippen molar-refractivity contribution in [1.29, 1.82) is 0 Å². The maximum Gasteiger partial charge on any atom is 0.337 e. The predicted molar refractivity (Wildman–Crippen MR) is 61.4 cm³/mol. The number of esters is 1. The van der Waals surface area contributed by atoms with Gasteiger partial charge in [0.25, 0.3) is 5.69 Å². The van der Waals surface area contributed by atoms with Gasteiger partial charge in [0.05, 0.1) is 18.1 Å². The van der Waals surface area contributed by atoms with Crippen molar-refractivity contribution in [3.8, 4) is 5.75 Å². The van der Waals surface area contributed by atoms with E-state index in [1.807, 2.05) is 0 Å². The van der Waals surface area contributed by atoms with Gasteiger partial charge in [0.1, 0.15) is 12.4 Å². The molecule has 98 valence electrons. The average molecular weight is 255 g/mol. The Balaban J connectivity index is 2.37. The van der Waals surface area contributed by atoms with E-state index in [4.69, 9.17) is 14.2 Å². The van der Waals surface area contributed by atoms with Crippen LogP contribution in [0.2, 0.25) is 0 Å². The molecule has 0 radical (unpaired) electrons. The highest BCUT2D eigenvalue weighted by molar-refractivity contribution is 5.73. The molecule has 0 atom stereocenters. The largest absolute Gasteiger partial charge is 0.425 e. The second-order valence-corrected chi connectivity index (χ2v) is 3.27. The number of benzene rings is 1. The molecule has 0 unspecified atom stereocenters. The van der Waals surface area contributed by atoms with E-state index in [1.54, 1.807) is 0 Å². The van der Waals surface area contributed by atoms with Crippen molar-refractivity contribution in [3.05, 3.63) is 34.4 Å². The van der Waals surface area contributed by atoms with Crippen LogP contribution in [0.25, 0.3) is 0 Å². The second kappa shape index (κ2) is 7.36. The Kier molecular flexibility index (Phi) is 5.75. The highest BCUT2D eigenvalue weighted by Crippen LogP contribution is 2.17. The fourth-order valence-electron chi connectivity index (χ4n) is 1.09. The molecule has 0 bridgehead atoms. The molecule has 18 heavy (non-hydrogen) atoms. The third-order valence-corrected chi connectivity index (χ3v) is 1.93. The third-order valence-electron chi connectivity index (χ3n) is 1.93. The van der Waals surface area contributed by atoms with Crippen LogP contribution in [-0.4, -0.2) is 37.8 Å². The first-order chi connectivity index (χ1) is 8.63. The molecule has 0 heterocycles. The molecule has 7 heteroatoms. The minimum Gasteiger partial charge on any atom is -0.425 e. The van der Waals surface area contributed by atoms with Gasteiger partial charge in [-0.15, -0.1) is 0 Å². The molecule has 1 aromatic carbocycles. The van der Waals surface area contributed by atoms with Gasteiger partial charge in [-0.25, -0.2) is 4.79 Å². The first-order valence-corrected chi connectivity index (χ1v) is 5.15. The van der Waals surface area contributed by atoms with Crippen molar-refractivity contribution >= 4 is 11.7 Å². The smallest absolute Gasteiger partial charge is 0.337 e. The zero-order valence-corrected chi connectivity index (χ0v) is 9.83. The zero-order valence-electron chi connectivity index (χ0n) is 9.83. The summed E-state index contributed by atoms with van der Waals surface area (Å²) in [5.74, 6) is -0.333. The quantitative estimate of drug-likeness (QED) is 0.239. The van der Waals surface area contributed by atoms with Crippen LogP contribution in [0.1, 0.15) is 0 Å². The van der Waals surface area contributed by atoms with E-state index in [-0.39, 0.29) is 18.0 Å². The van der Waals surface area contributed by atoms with E-state index < -0.39 is 10.9 Å². The van der Waals surface area contributed by atoms with Gasteiger partial charge in [0, 0.05) is 19.2 Å². The number of carbonyl (C=O) groups is 1. The Bertz CT molecular complexity index is 402. The van der Waals surface area contributed by atoms with Gasteiger partial charge in [-0.1, -0.05) is 0 Å². The molecule has 0 saturated carbocycles. The van der Waals surface area contributed by atoms with Gasteiger partial charge < -0.3 is 14.2 Å². The highest BCUT2D eigenvalue weighted by Gasteiger charge is 2.08. The molecule has 1 aromatic rings. The van der Waals surface area contributed by atoms with Crippen LogP contribution in [0.5, 0.6) is 5.75 Å². The van der Waals surface area contributed by atoms with Crippen LogP contribution in [0.4, 0.5) is 5.69 Å². The lowest BCUT2D eigenvalue weighted by atomic mass is 10.3. The van der Waals surface area contributed by atoms with E-state index in [9.17, 15) is 14.9 Å². The van der Waals surface area contributed by atoms with Crippen molar-refractivity contribution < 1.29 is 23.9 Å². The second-order valence-electron chi connectivity index (χ2n) is 3.27.